The summed E-state index contributed by atoms with van der Waals surface area (Å²) in [7, 11) is 0. The van der Waals surface area contributed by atoms with Crippen molar-refractivity contribution in [3.8, 4) is 10.6 Å². The van der Waals surface area contributed by atoms with Crippen LogP contribution in [0.25, 0.3) is 20.8 Å². The van der Waals surface area contributed by atoms with Crippen LogP contribution in [0.5, 0.6) is 0 Å². The maximum atomic E-state index is 14.2. The molecule has 0 saturated heterocycles. The van der Waals surface area contributed by atoms with E-state index in [0.29, 0.717) is 28.0 Å². The molecule has 0 unspecified atom stereocenters. The fourth-order valence-corrected chi connectivity index (χ4v) is 6.25. The molecule has 5 N–H and O–H groups in total. The number of pyridine rings is 1. The molecule has 0 spiro atoms. The minimum Gasteiger partial charge on any atom is -0.396 e. The molecule has 204 valence electrons. The van der Waals surface area contributed by atoms with Gasteiger partial charge in [0.15, 0.2) is 0 Å². The molecular weight excluding hydrogens is 526 g/mol. The zero-order valence-electron chi connectivity index (χ0n) is 21.1. The van der Waals surface area contributed by atoms with Crippen LogP contribution in [0.1, 0.15) is 42.1 Å². The van der Waals surface area contributed by atoms with Crippen molar-refractivity contribution in [2.45, 2.75) is 56.9 Å². The number of hydrogen-bond acceptors (Lipinski definition) is 10. The van der Waals surface area contributed by atoms with Gasteiger partial charge in [0.25, 0.3) is 0 Å². The molecule has 2 fully saturated rings. The summed E-state index contributed by atoms with van der Waals surface area (Å²) >= 11 is 1.47. The molecule has 0 radical (unpaired) electrons. The van der Waals surface area contributed by atoms with E-state index in [1.807, 2.05) is 6.07 Å². The largest absolute Gasteiger partial charge is 0.396 e. The second-order valence-electron chi connectivity index (χ2n) is 10.2. The van der Waals surface area contributed by atoms with Crippen molar-refractivity contribution in [2.75, 3.05) is 17.2 Å². The molecular formula is C27H28F2N6O3S. The van der Waals surface area contributed by atoms with Crippen molar-refractivity contribution in [1.29, 1.82) is 0 Å². The number of nitrogens with one attached hydrogen (secondary N) is 2. The summed E-state index contributed by atoms with van der Waals surface area (Å²) in [5, 5.41) is 37.6. The van der Waals surface area contributed by atoms with Crippen molar-refractivity contribution in [2.24, 2.45) is 5.92 Å². The Balaban J connectivity index is 1.41. The highest BCUT2D eigenvalue weighted by Gasteiger charge is 2.42. The molecule has 2 aliphatic carbocycles. The maximum absolute atomic E-state index is 14.2. The Bertz CT molecular complexity index is 1510. The smallest absolute Gasteiger partial charge is 0.225 e. The third-order valence-corrected chi connectivity index (χ3v) is 8.48. The molecule has 3 aromatic heterocycles. The number of anilines is 2. The Kier molecular flexibility index (Phi) is 6.88. The number of thiazole rings is 1. The summed E-state index contributed by atoms with van der Waals surface area (Å²) in [6.07, 6.45) is 2.06. The topological polar surface area (TPSA) is 136 Å². The van der Waals surface area contributed by atoms with Gasteiger partial charge in [0.05, 0.1) is 33.8 Å². The second-order valence-corrected chi connectivity index (χ2v) is 11.2. The van der Waals surface area contributed by atoms with E-state index < -0.39 is 35.8 Å². The predicted octanol–water partition coefficient (Wildman–Crippen LogP) is 3.74. The number of aromatic nitrogens is 4. The first kappa shape index (κ1) is 25.9. The molecule has 12 heteroatoms. The van der Waals surface area contributed by atoms with Gasteiger partial charge in [-0.05, 0) is 44.4 Å². The molecule has 39 heavy (non-hydrogen) atoms. The highest BCUT2D eigenvalue weighted by molar-refractivity contribution is 7.21. The maximum Gasteiger partial charge on any atom is 0.225 e. The number of fused-ring (bicyclic) bond motifs is 1. The minimum absolute atomic E-state index is 0.122. The van der Waals surface area contributed by atoms with Gasteiger partial charge in [0, 0.05) is 36.7 Å². The van der Waals surface area contributed by atoms with Gasteiger partial charge in [-0.25, -0.2) is 18.7 Å². The Morgan fingerprint density at radius 2 is 1.85 bits per heavy atom. The molecule has 2 aliphatic rings. The highest BCUT2D eigenvalue weighted by atomic mass is 32.1. The molecule has 4 atom stereocenters. The highest BCUT2D eigenvalue weighted by Crippen LogP contribution is 2.44. The zero-order valence-corrected chi connectivity index (χ0v) is 21.9. The third-order valence-electron chi connectivity index (χ3n) is 7.44. The van der Waals surface area contributed by atoms with Gasteiger partial charge in [-0.2, -0.15) is 4.98 Å². The summed E-state index contributed by atoms with van der Waals surface area (Å²) in [6.45, 7) is 1.37. The van der Waals surface area contributed by atoms with E-state index in [1.54, 1.807) is 13.1 Å². The summed E-state index contributed by atoms with van der Waals surface area (Å²) in [4.78, 5) is 18.6. The van der Waals surface area contributed by atoms with Crippen LogP contribution in [0, 0.1) is 24.5 Å². The second kappa shape index (κ2) is 10.3. The van der Waals surface area contributed by atoms with Crippen LogP contribution in [0.4, 0.5) is 20.5 Å². The van der Waals surface area contributed by atoms with Crippen molar-refractivity contribution >= 4 is 33.3 Å². The van der Waals surface area contributed by atoms with Gasteiger partial charge in [0.2, 0.25) is 5.95 Å². The van der Waals surface area contributed by atoms with E-state index >= 15 is 0 Å². The lowest BCUT2D eigenvalue weighted by molar-refractivity contribution is 0.0390. The summed E-state index contributed by atoms with van der Waals surface area (Å²) in [6, 6.07) is 4.90. The van der Waals surface area contributed by atoms with Gasteiger partial charge in [-0.1, -0.05) is 6.07 Å². The van der Waals surface area contributed by atoms with Gasteiger partial charge >= 0.3 is 0 Å². The van der Waals surface area contributed by atoms with Crippen molar-refractivity contribution in [1.82, 2.24) is 19.9 Å². The number of halogens is 2. The zero-order chi connectivity index (χ0) is 27.3. The van der Waals surface area contributed by atoms with Gasteiger partial charge in [-0.15, -0.1) is 11.3 Å². The van der Waals surface area contributed by atoms with E-state index in [4.69, 9.17) is 4.98 Å². The normalized spacial score (nSPS) is 22.9. The standard InChI is InChI=1S/C27H28F2N6O3S/c1-12-20(26-34-23-19(39-26)7-8-30-21(23)13-5-6-13)25(33-22-14(11-36)9-18(37)24(22)38)35-27(32-12)31-10-15-16(28)3-2-4-17(15)29/h2-4,7-8,13-14,18,22,24,36-38H,5-6,9-11H2,1H3,(H2,31,32,33,35)/t14-,18+,22+,24+/m0/s1. The Labute approximate surface area is 227 Å². The number of aliphatic hydroxyl groups excluding tert-OH is 3. The predicted molar refractivity (Wildman–Crippen MR) is 143 cm³/mol. The molecule has 1 aromatic carbocycles. The number of aryl methyl sites for hydroxylation is 1. The average molecular weight is 555 g/mol. The first-order valence-electron chi connectivity index (χ1n) is 12.9. The van der Waals surface area contributed by atoms with Crippen molar-refractivity contribution in [3.05, 3.63) is 59.0 Å². The molecule has 0 aliphatic heterocycles. The van der Waals surface area contributed by atoms with Crippen LogP contribution in [0.15, 0.2) is 30.5 Å². The molecule has 3 heterocycles. The third kappa shape index (κ3) is 4.93. The lowest BCUT2D eigenvalue weighted by Gasteiger charge is -2.24. The number of hydrogen-bond donors (Lipinski definition) is 5. The van der Waals surface area contributed by atoms with Crippen molar-refractivity contribution < 1.29 is 24.1 Å². The van der Waals surface area contributed by atoms with E-state index in [0.717, 1.165) is 28.8 Å². The first-order chi connectivity index (χ1) is 18.8. The van der Waals surface area contributed by atoms with Crippen LogP contribution in [0.3, 0.4) is 0 Å². The number of rotatable bonds is 8. The van der Waals surface area contributed by atoms with Crippen LogP contribution in [-0.4, -0.2) is 60.1 Å². The summed E-state index contributed by atoms with van der Waals surface area (Å²) in [5.41, 5.74) is 2.83. The molecule has 2 saturated carbocycles. The SMILES string of the molecule is Cc1nc(NCc2c(F)cccc2F)nc(N[C@@H]2[C@H](CO)C[C@@H](O)[C@H]2O)c1-c1nc2c(C3CC3)nccc2s1. The van der Waals surface area contributed by atoms with Gasteiger partial charge in [0.1, 0.15) is 34.1 Å². The van der Waals surface area contributed by atoms with E-state index in [-0.39, 0.29) is 31.1 Å². The fraction of sp³-hybridized carbons (Fsp3) is 0.407. The van der Waals surface area contributed by atoms with E-state index in [2.05, 4.69) is 25.6 Å². The molecule has 0 bridgehead atoms. The Hall–Kier alpha value is -3.32. The molecule has 0 amide bonds. The average Bonchev–Trinajstić information content (AvgIpc) is 3.61. The van der Waals surface area contributed by atoms with Crippen LogP contribution in [-0.2, 0) is 6.54 Å². The van der Waals surface area contributed by atoms with E-state index in [1.165, 1.54) is 29.5 Å². The van der Waals surface area contributed by atoms with E-state index in [9.17, 15) is 24.1 Å². The quantitative estimate of drug-likeness (QED) is 0.221. The lowest BCUT2D eigenvalue weighted by Crippen LogP contribution is -2.38. The van der Waals surface area contributed by atoms with Gasteiger partial charge in [-0.3, -0.25) is 4.98 Å². The number of benzene rings is 1. The first-order valence-corrected chi connectivity index (χ1v) is 13.7. The fourth-order valence-electron chi connectivity index (χ4n) is 5.18. The lowest BCUT2D eigenvalue weighted by atomic mass is 10.0. The number of nitrogens with zero attached hydrogens (tertiary/aromatic N) is 4. The van der Waals surface area contributed by atoms with Crippen LogP contribution < -0.4 is 10.6 Å². The summed E-state index contributed by atoms with van der Waals surface area (Å²) < 4.78 is 29.4. The molecule has 4 aromatic rings. The molecule has 9 nitrogen and oxygen atoms in total. The monoisotopic (exact) mass is 554 g/mol. The summed E-state index contributed by atoms with van der Waals surface area (Å²) in [5.74, 6) is -0.922. The van der Waals surface area contributed by atoms with Gasteiger partial charge < -0.3 is 26.0 Å². The van der Waals surface area contributed by atoms with Crippen LogP contribution >= 0.6 is 11.3 Å². The minimum atomic E-state index is -1.13. The Morgan fingerprint density at radius 3 is 2.56 bits per heavy atom. The van der Waals surface area contributed by atoms with Crippen molar-refractivity contribution in [3.63, 3.8) is 0 Å². The number of aliphatic hydroxyl groups is 3. The van der Waals surface area contributed by atoms with Crippen LogP contribution in [0.2, 0.25) is 0 Å². The Morgan fingerprint density at radius 1 is 1.08 bits per heavy atom. The molecule has 6 rings (SSSR count).